The third-order valence-corrected chi connectivity index (χ3v) is 5.95. The number of ether oxygens (including phenoxy) is 2. The minimum absolute atomic E-state index is 0.195. The molecule has 0 spiro atoms. The number of non-ortho nitro benzene ring substituents is 1. The van der Waals surface area contributed by atoms with E-state index < -0.39 is 82.5 Å². The molecule has 0 saturated carbocycles. The van der Waals surface area contributed by atoms with Crippen LogP contribution in [-0.4, -0.2) is 72.0 Å². The first-order valence-corrected chi connectivity index (χ1v) is 11.5. The summed E-state index contributed by atoms with van der Waals surface area (Å²) in [6, 6.07) is 3.49. The number of halogens is 6. The molecule has 212 valence electrons. The summed E-state index contributed by atoms with van der Waals surface area (Å²) in [4.78, 5) is 51.9. The van der Waals surface area contributed by atoms with Gasteiger partial charge in [-0.25, -0.2) is 9.79 Å². The van der Waals surface area contributed by atoms with Crippen molar-refractivity contribution < 1.29 is 55.1 Å². The summed E-state index contributed by atoms with van der Waals surface area (Å²) in [5.74, 6) is -8.68. The number of aliphatic imine (C=N–C) groups is 1. The van der Waals surface area contributed by atoms with E-state index in [1.807, 2.05) is 0 Å². The van der Waals surface area contributed by atoms with Crippen LogP contribution in [-0.2, 0) is 23.9 Å². The van der Waals surface area contributed by atoms with Gasteiger partial charge in [-0.1, -0.05) is 12.1 Å². The second-order valence-corrected chi connectivity index (χ2v) is 8.43. The first kappa shape index (κ1) is 29.6. The van der Waals surface area contributed by atoms with Gasteiger partial charge >= 0.3 is 24.3 Å². The highest BCUT2D eigenvalue weighted by Crippen LogP contribution is 2.47. The molecule has 0 bridgehead atoms. The van der Waals surface area contributed by atoms with Crippen LogP contribution in [0.2, 0.25) is 0 Å². The molecule has 1 aromatic rings. The Bertz CT molecular complexity index is 1230. The Morgan fingerprint density at radius 2 is 1.85 bits per heavy atom. The summed E-state index contributed by atoms with van der Waals surface area (Å²) in [6.07, 6.45) is -10.5. The third-order valence-electron chi connectivity index (χ3n) is 5.95. The van der Waals surface area contributed by atoms with Crippen LogP contribution in [0.1, 0.15) is 31.2 Å². The average molecular weight is 565 g/mol. The molecule has 1 saturated heterocycles. The van der Waals surface area contributed by atoms with E-state index in [4.69, 9.17) is 9.47 Å². The molecular formula is C23H21F6N3O7. The Morgan fingerprint density at radius 1 is 1.15 bits per heavy atom. The maximum absolute atomic E-state index is 14.1. The van der Waals surface area contributed by atoms with Crippen molar-refractivity contribution in [3.05, 3.63) is 51.2 Å². The molecule has 1 fully saturated rings. The molecule has 0 radical (unpaired) electrons. The van der Waals surface area contributed by atoms with Crippen LogP contribution in [0.4, 0.5) is 32.0 Å². The topological polar surface area (TPSA) is 128 Å². The summed E-state index contributed by atoms with van der Waals surface area (Å²) in [7, 11) is 0. The van der Waals surface area contributed by atoms with Crippen molar-refractivity contribution in [2.24, 2.45) is 10.9 Å². The Kier molecular flexibility index (Phi) is 8.65. The zero-order valence-electron chi connectivity index (χ0n) is 20.2. The van der Waals surface area contributed by atoms with Crippen LogP contribution in [0.5, 0.6) is 0 Å². The Balaban J connectivity index is 2.21. The van der Waals surface area contributed by atoms with Gasteiger partial charge in [0.15, 0.2) is 5.70 Å². The van der Waals surface area contributed by atoms with Crippen LogP contribution < -0.4 is 0 Å². The van der Waals surface area contributed by atoms with Crippen LogP contribution in [0, 0.1) is 16.0 Å². The monoisotopic (exact) mass is 565 g/mol. The van der Waals surface area contributed by atoms with Crippen LogP contribution in [0.3, 0.4) is 0 Å². The number of nitrogens with zero attached hydrogens (tertiary/aromatic N) is 3. The summed E-state index contributed by atoms with van der Waals surface area (Å²) in [5, 5.41) is 11.3. The van der Waals surface area contributed by atoms with Gasteiger partial charge in [0.05, 0.1) is 23.6 Å². The highest BCUT2D eigenvalue weighted by Gasteiger charge is 2.56. The van der Waals surface area contributed by atoms with Crippen molar-refractivity contribution in [1.82, 2.24) is 4.90 Å². The summed E-state index contributed by atoms with van der Waals surface area (Å²) < 4.78 is 93.9. The minimum Gasteiger partial charge on any atom is -0.465 e. The predicted octanol–water partition coefficient (Wildman–Crippen LogP) is 3.86. The highest BCUT2D eigenvalue weighted by atomic mass is 19.4. The maximum atomic E-state index is 14.1. The molecule has 2 aliphatic rings. The second kappa shape index (κ2) is 11.4. The van der Waals surface area contributed by atoms with E-state index in [1.54, 1.807) is 0 Å². The van der Waals surface area contributed by atoms with Crippen molar-refractivity contribution in [3.8, 4) is 0 Å². The zero-order chi connectivity index (χ0) is 29.1. The number of carbonyl (C=O) groups excluding carboxylic acids is 3. The molecule has 1 aromatic carbocycles. The molecule has 1 amide bonds. The highest BCUT2D eigenvalue weighted by molar-refractivity contribution is 6.10. The third kappa shape index (κ3) is 6.54. The number of esters is 2. The number of carbonyl (C=O) groups is 3. The molecule has 0 aromatic heterocycles. The number of amides is 1. The lowest BCUT2D eigenvalue weighted by molar-refractivity contribution is -0.384. The smallest absolute Gasteiger partial charge is 0.433 e. The molecule has 2 unspecified atom stereocenters. The maximum Gasteiger partial charge on any atom is 0.433 e. The van der Waals surface area contributed by atoms with Crippen LogP contribution in [0.15, 0.2) is 40.5 Å². The summed E-state index contributed by atoms with van der Waals surface area (Å²) in [5.41, 5.74) is -7.22. The van der Waals surface area contributed by atoms with Crippen molar-refractivity contribution in [2.75, 3.05) is 26.3 Å². The lowest BCUT2D eigenvalue weighted by atomic mass is 9.74. The largest absolute Gasteiger partial charge is 0.465 e. The van der Waals surface area contributed by atoms with E-state index in [2.05, 4.69) is 4.99 Å². The van der Waals surface area contributed by atoms with Gasteiger partial charge in [0.25, 0.3) is 5.69 Å². The SMILES string of the molecule is CCOC(=O)C1C(C(F)(F)F)=NC(C(F)(F)F)=C(C(=O)OCCN2CCCC2=O)C1c1cccc([N+](=O)[O-])c1. The average Bonchev–Trinajstić information content (AvgIpc) is 3.26. The van der Waals surface area contributed by atoms with Gasteiger partial charge in [-0.3, -0.25) is 19.7 Å². The van der Waals surface area contributed by atoms with Crippen LogP contribution in [0.25, 0.3) is 0 Å². The van der Waals surface area contributed by atoms with Gasteiger partial charge < -0.3 is 14.4 Å². The molecule has 10 nitrogen and oxygen atoms in total. The predicted molar refractivity (Wildman–Crippen MR) is 119 cm³/mol. The van der Waals surface area contributed by atoms with Gasteiger partial charge in [0.2, 0.25) is 5.91 Å². The Morgan fingerprint density at radius 3 is 2.38 bits per heavy atom. The number of nitro groups is 1. The molecule has 0 N–H and O–H groups in total. The number of hydrogen-bond donors (Lipinski definition) is 0. The molecule has 2 atom stereocenters. The van der Waals surface area contributed by atoms with Gasteiger partial charge in [0, 0.05) is 31.0 Å². The normalized spacial score (nSPS) is 20.1. The number of rotatable bonds is 8. The van der Waals surface area contributed by atoms with E-state index >= 15 is 0 Å². The Hall–Kier alpha value is -3.98. The number of allylic oxidation sites excluding steroid dienone is 1. The van der Waals surface area contributed by atoms with Gasteiger partial charge in [-0.15, -0.1) is 0 Å². The number of likely N-dealkylation sites (tertiary alicyclic amines) is 1. The quantitative estimate of drug-likeness (QED) is 0.203. The van der Waals surface area contributed by atoms with Crippen LogP contribution >= 0.6 is 0 Å². The fourth-order valence-electron chi connectivity index (χ4n) is 4.34. The molecule has 3 rings (SSSR count). The van der Waals surface area contributed by atoms with Crippen molar-refractivity contribution in [1.29, 1.82) is 0 Å². The lowest BCUT2D eigenvalue weighted by Crippen LogP contribution is -2.45. The van der Waals surface area contributed by atoms with Gasteiger partial charge in [-0.2, -0.15) is 26.3 Å². The van der Waals surface area contributed by atoms with E-state index in [0.717, 1.165) is 18.2 Å². The van der Waals surface area contributed by atoms with Gasteiger partial charge in [-0.05, 0) is 18.9 Å². The van der Waals surface area contributed by atoms with E-state index in [9.17, 15) is 50.8 Å². The van der Waals surface area contributed by atoms with Gasteiger partial charge in [0.1, 0.15) is 18.2 Å². The van der Waals surface area contributed by atoms with Crippen molar-refractivity contribution in [2.45, 2.75) is 38.0 Å². The van der Waals surface area contributed by atoms with E-state index in [1.165, 1.54) is 11.8 Å². The number of nitro benzene ring substituents is 1. The fourth-order valence-corrected chi connectivity index (χ4v) is 4.34. The van der Waals surface area contributed by atoms with E-state index in [-0.39, 0.29) is 18.9 Å². The molecule has 39 heavy (non-hydrogen) atoms. The summed E-state index contributed by atoms with van der Waals surface area (Å²) in [6.45, 7) is 0.272. The molecular weight excluding hydrogens is 544 g/mol. The standard InChI is InChI=1S/C23H21F6N3O7/c1-2-38-20(34)16-15(12-5-3-6-13(11-12)32(36)37)17(19(23(27,28)29)30-18(16)22(24,25)26)21(35)39-10-9-31-8-4-7-14(31)33/h3,5-6,11,15-16H,2,4,7-10H2,1H3. The Labute approximate surface area is 216 Å². The second-order valence-electron chi connectivity index (χ2n) is 8.43. The molecule has 2 heterocycles. The minimum atomic E-state index is -5.63. The number of alkyl halides is 6. The number of hydrogen-bond acceptors (Lipinski definition) is 8. The van der Waals surface area contributed by atoms with Crippen molar-refractivity contribution in [3.63, 3.8) is 0 Å². The van der Waals surface area contributed by atoms with E-state index in [0.29, 0.717) is 19.0 Å². The molecule has 0 aliphatic carbocycles. The lowest BCUT2D eigenvalue weighted by Gasteiger charge is -2.34. The number of benzene rings is 1. The van der Waals surface area contributed by atoms with Crippen molar-refractivity contribution >= 4 is 29.2 Å². The summed E-state index contributed by atoms with van der Waals surface area (Å²) >= 11 is 0. The first-order valence-electron chi connectivity index (χ1n) is 11.5. The molecule has 16 heteroatoms. The zero-order valence-corrected chi connectivity index (χ0v) is 20.2. The first-order chi connectivity index (χ1) is 18.2. The molecule has 2 aliphatic heterocycles. The fraction of sp³-hybridized carbons (Fsp3) is 0.478.